The smallest absolute Gasteiger partial charge is 0.319 e. The molecule has 2 aromatic carbocycles. The minimum absolute atomic E-state index is 0.0419. The monoisotopic (exact) mass is 501 g/mol. The van der Waals surface area contributed by atoms with E-state index in [1.54, 1.807) is 12.1 Å². The average molecular weight is 502 g/mol. The Balaban J connectivity index is 1.35. The second-order valence-electron chi connectivity index (χ2n) is 10.1. The summed E-state index contributed by atoms with van der Waals surface area (Å²) < 4.78 is 0. The molecule has 8 heteroatoms. The van der Waals surface area contributed by atoms with Gasteiger partial charge in [0.25, 0.3) is 5.91 Å². The second-order valence-corrected chi connectivity index (χ2v) is 10.1. The first-order valence-corrected chi connectivity index (χ1v) is 13.1. The number of likely N-dealkylation sites (tertiary alicyclic amines) is 1. The van der Waals surface area contributed by atoms with Gasteiger partial charge in [0, 0.05) is 37.3 Å². The second kappa shape index (κ2) is 11.9. The summed E-state index contributed by atoms with van der Waals surface area (Å²) in [5.41, 5.74) is 3.88. The van der Waals surface area contributed by atoms with Crippen LogP contribution in [-0.4, -0.2) is 47.9 Å². The zero-order valence-corrected chi connectivity index (χ0v) is 21.5. The van der Waals surface area contributed by atoms with E-state index in [4.69, 9.17) is 5.26 Å². The van der Waals surface area contributed by atoms with Crippen molar-refractivity contribution in [1.82, 2.24) is 15.5 Å². The summed E-state index contributed by atoms with van der Waals surface area (Å²) >= 11 is 0. The first kappa shape index (κ1) is 26.2. The maximum atomic E-state index is 13.3. The predicted molar refractivity (Wildman–Crippen MR) is 142 cm³/mol. The Labute approximate surface area is 218 Å². The van der Waals surface area contributed by atoms with E-state index in [-0.39, 0.29) is 29.9 Å². The van der Waals surface area contributed by atoms with Crippen LogP contribution in [0, 0.1) is 18.3 Å². The Morgan fingerprint density at radius 3 is 2.19 bits per heavy atom. The largest absolute Gasteiger partial charge is 0.352 e. The molecule has 4 rings (SSSR count). The number of piperidine rings is 1. The van der Waals surface area contributed by atoms with Crippen LogP contribution in [0.3, 0.4) is 0 Å². The van der Waals surface area contributed by atoms with Crippen molar-refractivity contribution in [3.63, 3.8) is 0 Å². The quantitative estimate of drug-likeness (QED) is 0.561. The van der Waals surface area contributed by atoms with E-state index in [2.05, 4.69) is 22.0 Å². The van der Waals surface area contributed by atoms with Crippen LogP contribution in [0.1, 0.15) is 78.4 Å². The van der Waals surface area contributed by atoms with Crippen molar-refractivity contribution < 1.29 is 14.4 Å². The standard InChI is InChI=1S/C29H35N5O3/c1-19-7-10-24(17-27(19)33-29(37)32-26-6-4-3-5-25(26)31-20(2)35)28(36)34-15-13-23(14-16-34)22-11-8-21(18-30)9-12-22/h7-12,17,23,25-26H,3-6,13-16H2,1-2H3,(H,31,35)(H2,32,33,37)/t25-,26-/m1/s1. The molecule has 1 saturated carbocycles. The van der Waals surface area contributed by atoms with Crippen LogP contribution in [0.15, 0.2) is 42.5 Å². The van der Waals surface area contributed by atoms with Gasteiger partial charge in [-0.25, -0.2) is 4.79 Å². The summed E-state index contributed by atoms with van der Waals surface area (Å²) in [6.07, 6.45) is 5.43. The van der Waals surface area contributed by atoms with Crippen LogP contribution in [0.25, 0.3) is 0 Å². The summed E-state index contributed by atoms with van der Waals surface area (Å²) in [4.78, 5) is 39.5. The molecule has 1 saturated heterocycles. The Hall–Kier alpha value is -3.86. The van der Waals surface area contributed by atoms with Crippen LogP contribution in [0.2, 0.25) is 0 Å². The lowest BCUT2D eigenvalue weighted by atomic mass is 9.89. The fourth-order valence-corrected chi connectivity index (χ4v) is 5.38. The van der Waals surface area contributed by atoms with E-state index >= 15 is 0 Å². The van der Waals surface area contributed by atoms with E-state index in [1.807, 2.05) is 42.2 Å². The molecule has 2 aliphatic rings. The number of carbonyl (C=O) groups excluding carboxylic acids is 3. The summed E-state index contributed by atoms with van der Waals surface area (Å²) in [5.74, 6) is 0.235. The van der Waals surface area contributed by atoms with Gasteiger partial charge in [0.15, 0.2) is 0 Å². The third kappa shape index (κ3) is 6.67. The number of rotatable bonds is 5. The molecule has 2 fully saturated rings. The molecule has 1 heterocycles. The molecule has 2 atom stereocenters. The highest BCUT2D eigenvalue weighted by Gasteiger charge is 2.28. The van der Waals surface area contributed by atoms with Crippen molar-refractivity contribution >= 4 is 23.5 Å². The van der Waals surface area contributed by atoms with Crippen molar-refractivity contribution in [3.05, 3.63) is 64.7 Å². The van der Waals surface area contributed by atoms with Gasteiger partial charge < -0.3 is 20.9 Å². The van der Waals surface area contributed by atoms with Gasteiger partial charge in [-0.3, -0.25) is 9.59 Å². The molecule has 0 aromatic heterocycles. The highest BCUT2D eigenvalue weighted by Crippen LogP contribution is 2.29. The van der Waals surface area contributed by atoms with Gasteiger partial charge in [-0.15, -0.1) is 0 Å². The number of anilines is 1. The Morgan fingerprint density at radius 2 is 1.57 bits per heavy atom. The van der Waals surface area contributed by atoms with Gasteiger partial charge in [0.2, 0.25) is 5.91 Å². The number of urea groups is 1. The number of nitrogens with one attached hydrogen (secondary N) is 3. The molecule has 0 bridgehead atoms. The van der Waals surface area contributed by atoms with Crippen LogP contribution in [0.5, 0.6) is 0 Å². The number of hydrogen-bond acceptors (Lipinski definition) is 4. The highest BCUT2D eigenvalue weighted by molar-refractivity contribution is 5.97. The van der Waals surface area contributed by atoms with Crippen LogP contribution in [0.4, 0.5) is 10.5 Å². The summed E-state index contributed by atoms with van der Waals surface area (Å²) in [7, 11) is 0. The summed E-state index contributed by atoms with van der Waals surface area (Å²) in [6.45, 7) is 4.71. The normalized spacial score (nSPS) is 20.0. The molecule has 37 heavy (non-hydrogen) atoms. The minimum atomic E-state index is -0.335. The Morgan fingerprint density at radius 1 is 0.919 bits per heavy atom. The number of carbonyl (C=O) groups is 3. The molecule has 8 nitrogen and oxygen atoms in total. The first-order chi connectivity index (χ1) is 17.8. The van der Waals surface area contributed by atoms with Gasteiger partial charge >= 0.3 is 6.03 Å². The number of nitrogens with zero attached hydrogens (tertiary/aromatic N) is 2. The topological polar surface area (TPSA) is 114 Å². The zero-order valence-electron chi connectivity index (χ0n) is 21.5. The van der Waals surface area contributed by atoms with E-state index in [0.717, 1.165) is 44.1 Å². The van der Waals surface area contributed by atoms with E-state index in [0.29, 0.717) is 35.8 Å². The average Bonchev–Trinajstić information content (AvgIpc) is 2.90. The molecular weight excluding hydrogens is 466 g/mol. The molecule has 0 radical (unpaired) electrons. The molecule has 1 aliphatic heterocycles. The van der Waals surface area contributed by atoms with E-state index in [9.17, 15) is 14.4 Å². The molecule has 1 aliphatic carbocycles. The molecule has 2 aromatic rings. The lowest BCUT2D eigenvalue weighted by molar-refractivity contribution is -0.120. The molecule has 0 spiro atoms. The maximum absolute atomic E-state index is 13.3. The fourth-order valence-electron chi connectivity index (χ4n) is 5.38. The van der Waals surface area contributed by atoms with Gasteiger partial charge in [-0.2, -0.15) is 5.26 Å². The van der Waals surface area contributed by atoms with Crippen molar-refractivity contribution in [2.24, 2.45) is 0 Å². The number of nitriles is 1. The number of aryl methyl sites for hydroxylation is 1. The minimum Gasteiger partial charge on any atom is -0.352 e. The number of hydrogen-bond donors (Lipinski definition) is 3. The Kier molecular flexibility index (Phi) is 8.44. The van der Waals surface area contributed by atoms with Crippen LogP contribution in [-0.2, 0) is 4.79 Å². The molecular formula is C29H35N5O3. The predicted octanol–water partition coefficient (Wildman–Crippen LogP) is 4.46. The van der Waals surface area contributed by atoms with Crippen LogP contribution < -0.4 is 16.0 Å². The van der Waals surface area contributed by atoms with E-state index in [1.165, 1.54) is 12.5 Å². The fraction of sp³-hybridized carbons (Fsp3) is 0.448. The molecule has 194 valence electrons. The SMILES string of the molecule is CC(=O)N[C@@H]1CCCC[C@H]1NC(=O)Nc1cc(C(=O)N2CCC(c3ccc(C#N)cc3)CC2)ccc1C. The van der Waals surface area contributed by atoms with Crippen molar-refractivity contribution in [3.8, 4) is 6.07 Å². The van der Waals surface area contributed by atoms with Crippen molar-refractivity contribution in [1.29, 1.82) is 5.26 Å². The molecule has 3 N–H and O–H groups in total. The van der Waals surface area contributed by atoms with Crippen molar-refractivity contribution in [2.45, 2.75) is 70.4 Å². The van der Waals surface area contributed by atoms with E-state index < -0.39 is 0 Å². The lowest BCUT2D eigenvalue weighted by Crippen LogP contribution is -2.53. The summed E-state index contributed by atoms with van der Waals surface area (Å²) in [5, 5.41) is 17.9. The van der Waals surface area contributed by atoms with Crippen molar-refractivity contribution in [2.75, 3.05) is 18.4 Å². The third-order valence-corrected chi connectivity index (χ3v) is 7.50. The number of amides is 4. The third-order valence-electron chi connectivity index (χ3n) is 7.50. The van der Waals surface area contributed by atoms with Gasteiger partial charge in [0.1, 0.15) is 0 Å². The Bertz CT molecular complexity index is 1180. The summed E-state index contributed by atoms with van der Waals surface area (Å²) in [6, 6.07) is 14.7. The van der Waals surface area contributed by atoms with Gasteiger partial charge in [-0.05, 0) is 73.9 Å². The molecule has 4 amide bonds. The highest BCUT2D eigenvalue weighted by atomic mass is 16.2. The van der Waals surface area contributed by atoms with Crippen LogP contribution >= 0.6 is 0 Å². The lowest BCUT2D eigenvalue weighted by Gasteiger charge is -2.33. The molecule has 0 unspecified atom stereocenters. The van der Waals surface area contributed by atoms with Gasteiger partial charge in [0.05, 0.1) is 17.7 Å². The zero-order chi connectivity index (χ0) is 26.4. The number of benzene rings is 2. The van der Waals surface area contributed by atoms with Gasteiger partial charge in [-0.1, -0.05) is 31.0 Å². The maximum Gasteiger partial charge on any atom is 0.319 e. The first-order valence-electron chi connectivity index (χ1n) is 13.1.